The summed E-state index contributed by atoms with van der Waals surface area (Å²) in [6.07, 6.45) is 3.00. The van der Waals surface area contributed by atoms with Gasteiger partial charge in [-0.3, -0.25) is 14.9 Å². The van der Waals surface area contributed by atoms with Crippen LogP contribution in [0.4, 0.5) is 0 Å². The van der Waals surface area contributed by atoms with Gasteiger partial charge in [0.2, 0.25) is 0 Å². The van der Waals surface area contributed by atoms with Crippen LogP contribution in [-0.4, -0.2) is 33.2 Å². The normalized spacial score (nSPS) is 12.3. The molecule has 0 fully saturated rings. The third-order valence-corrected chi connectivity index (χ3v) is 1.89. The number of hydrogen-bond acceptors (Lipinski definition) is 3. The van der Waals surface area contributed by atoms with Crippen molar-refractivity contribution in [1.82, 2.24) is 10.3 Å². The number of aliphatic carboxylic acids is 2. The Morgan fingerprint density at radius 1 is 1.47 bits per heavy atom. The number of rotatable bonds is 6. The summed E-state index contributed by atoms with van der Waals surface area (Å²) in [7, 11) is 0. The second-order valence-corrected chi connectivity index (χ2v) is 3.09. The fourth-order valence-electron chi connectivity index (χ4n) is 1.13. The summed E-state index contributed by atoms with van der Waals surface area (Å²) in [5, 5.41) is 19.9. The highest BCUT2D eigenvalue weighted by atomic mass is 16.4. The average Bonchev–Trinajstić information content (AvgIpc) is 2.63. The van der Waals surface area contributed by atoms with E-state index in [2.05, 4.69) is 10.3 Å². The van der Waals surface area contributed by atoms with Crippen LogP contribution >= 0.6 is 0 Å². The zero-order chi connectivity index (χ0) is 11.3. The molecule has 1 aromatic heterocycles. The van der Waals surface area contributed by atoms with Gasteiger partial charge < -0.3 is 15.2 Å². The first-order valence-corrected chi connectivity index (χ1v) is 4.39. The minimum absolute atomic E-state index is 0.327. The second-order valence-electron chi connectivity index (χ2n) is 3.09. The maximum Gasteiger partial charge on any atom is 0.321 e. The fraction of sp³-hybridized carbons (Fsp3) is 0.333. The lowest BCUT2D eigenvalue weighted by Crippen LogP contribution is -2.37. The number of hydrogen-bond donors (Lipinski definition) is 4. The van der Waals surface area contributed by atoms with E-state index in [1.54, 1.807) is 18.5 Å². The molecule has 1 unspecified atom stereocenters. The molecule has 0 spiro atoms. The van der Waals surface area contributed by atoms with Crippen molar-refractivity contribution in [3.63, 3.8) is 0 Å². The Morgan fingerprint density at radius 2 is 2.20 bits per heavy atom. The van der Waals surface area contributed by atoms with E-state index in [1.165, 1.54) is 0 Å². The van der Waals surface area contributed by atoms with Crippen LogP contribution < -0.4 is 5.32 Å². The molecule has 0 aliphatic rings. The quantitative estimate of drug-likeness (QED) is 0.533. The zero-order valence-electron chi connectivity index (χ0n) is 7.93. The van der Waals surface area contributed by atoms with Gasteiger partial charge in [-0.15, -0.1) is 0 Å². The molecule has 0 amide bonds. The Bertz CT molecular complexity index is 334. The van der Waals surface area contributed by atoms with Crippen LogP contribution in [0, 0.1) is 0 Å². The lowest BCUT2D eigenvalue weighted by molar-refractivity contribution is -0.146. The fourth-order valence-corrected chi connectivity index (χ4v) is 1.13. The molecule has 1 heterocycles. The molecule has 82 valence electrons. The number of aromatic nitrogens is 1. The minimum Gasteiger partial charge on any atom is -0.481 e. The Kier molecular flexibility index (Phi) is 3.87. The molecule has 1 aromatic rings. The Hall–Kier alpha value is -1.82. The predicted molar refractivity (Wildman–Crippen MR) is 51.3 cm³/mol. The number of aromatic amines is 1. The SMILES string of the molecule is O=C(O)CC(NCc1cc[nH]c1)C(=O)O. The van der Waals surface area contributed by atoms with Crippen molar-refractivity contribution >= 4 is 11.9 Å². The van der Waals surface area contributed by atoms with E-state index in [9.17, 15) is 9.59 Å². The molecule has 1 atom stereocenters. The third kappa shape index (κ3) is 3.82. The highest BCUT2D eigenvalue weighted by Crippen LogP contribution is 1.99. The van der Waals surface area contributed by atoms with Gasteiger partial charge in [-0.05, 0) is 11.6 Å². The molecule has 15 heavy (non-hydrogen) atoms. The lowest BCUT2D eigenvalue weighted by atomic mass is 10.2. The molecule has 0 bridgehead atoms. The standard InChI is InChI=1S/C9H12N2O4/c12-8(13)3-7(9(14)15)11-5-6-1-2-10-4-6/h1-2,4,7,10-11H,3,5H2,(H,12,13)(H,14,15). The van der Waals surface area contributed by atoms with E-state index in [-0.39, 0.29) is 0 Å². The minimum atomic E-state index is -1.16. The van der Waals surface area contributed by atoms with Gasteiger partial charge in [0, 0.05) is 18.9 Å². The van der Waals surface area contributed by atoms with E-state index >= 15 is 0 Å². The van der Waals surface area contributed by atoms with Gasteiger partial charge in [0.25, 0.3) is 0 Å². The summed E-state index contributed by atoms with van der Waals surface area (Å²) in [6, 6.07) is 0.726. The molecule has 0 radical (unpaired) electrons. The summed E-state index contributed by atoms with van der Waals surface area (Å²) in [6.45, 7) is 0.327. The van der Waals surface area contributed by atoms with E-state index in [0.717, 1.165) is 5.56 Å². The first kappa shape index (κ1) is 11.3. The second kappa shape index (κ2) is 5.16. The number of carbonyl (C=O) groups is 2. The van der Waals surface area contributed by atoms with Crippen molar-refractivity contribution in [1.29, 1.82) is 0 Å². The van der Waals surface area contributed by atoms with Crippen LogP contribution in [0.5, 0.6) is 0 Å². The van der Waals surface area contributed by atoms with E-state index in [4.69, 9.17) is 10.2 Å². The summed E-state index contributed by atoms with van der Waals surface area (Å²) in [5.41, 5.74) is 0.881. The van der Waals surface area contributed by atoms with Crippen molar-refractivity contribution in [2.75, 3.05) is 0 Å². The largest absolute Gasteiger partial charge is 0.481 e. The van der Waals surface area contributed by atoms with E-state index in [0.29, 0.717) is 6.54 Å². The molecule has 0 aliphatic heterocycles. The molecule has 6 heteroatoms. The van der Waals surface area contributed by atoms with Gasteiger partial charge in [-0.2, -0.15) is 0 Å². The predicted octanol–water partition coefficient (Wildman–Crippen LogP) is 0.0322. The van der Waals surface area contributed by atoms with Gasteiger partial charge in [-0.25, -0.2) is 0 Å². The van der Waals surface area contributed by atoms with Crippen LogP contribution in [0.3, 0.4) is 0 Å². The molecule has 0 saturated carbocycles. The molecule has 4 N–H and O–H groups in total. The lowest BCUT2D eigenvalue weighted by Gasteiger charge is -2.10. The maximum absolute atomic E-state index is 10.7. The van der Waals surface area contributed by atoms with Crippen LogP contribution in [0.1, 0.15) is 12.0 Å². The van der Waals surface area contributed by atoms with Crippen molar-refractivity contribution in [2.45, 2.75) is 19.0 Å². The topological polar surface area (TPSA) is 102 Å². The molecular formula is C9H12N2O4. The van der Waals surface area contributed by atoms with Crippen molar-refractivity contribution in [3.05, 3.63) is 24.0 Å². The molecule has 0 saturated heterocycles. The monoisotopic (exact) mass is 212 g/mol. The Balaban J connectivity index is 2.45. The smallest absolute Gasteiger partial charge is 0.321 e. The first-order valence-electron chi connectivity index (χ1n) is 4.39. The maximum atomic E-state index is 10.7. The van der Waals surface area contributed by atoms with Crippen molar-refractivity contribution in [3.8, 4) is 0 Å². The van der Waals surface area contributed by atoms with Gasteiger partial charge in [0.1, 0.15) is 6.04 Å². The van der Waals surface area contributed by atoms with Gasteiger partial charge in [-0.1, -0.05) is 0 Å². The molecule has 1 rings (SSSR count). The van der Waals surface area contributed by atoms with Gasteiger partial charge in [0.05, 0.1) is 6.42 Å². The zero-order valence-corrected chi connectivity index (χ0v) is 7.93. The van der Waals surface area contributed by atoms with Crippen LogP contribution in [0.25, 0.3) is 0 Å². The Labute approximate surface area is 85.9 Å². The highest BCUT2D eigenvalue weighted by Gasteiger charge is 2.19. The summed E-state index contributed by atoms with van der Waals surface area (Å²) < 4.78 is 0. The molecule has 6 nitrogen and oxygen atoms in total. The van der Waals surface area contributed by atoms with Crippen molar-refractivity contribution in [2.24, 2.45) is 0 Å². The molecular weight excluding hydrogens is 200 g/mol. The van der Waals surface area contributed by atoms with Crippen molar-refractivity contribution < 1.29 is 19.8 Å². The summed E-state index contributed by atoms with van der Waals surface area (Å²) >= 11 is 0. The van der Waals surface area contributed by atoms with Gasteiger partial charge >= 0.3 is 11.9 Å². The van der Waals surface area contributed by atoms with Crippen LogP contribution in [-0.2, 0) is 16.1 Å². The number of H-pyrrole nitrogens is 1. The van der Waals surface area contributed by atoms with Crippen LogP contribution in [0.15, 0.2) is 18.5 Å². The summed E-state index contributed by atoms with van der Waals surface area (Å²) in [5.74, 6) is -2.29. The molecule has 0 aromatic carbocycles. The number of carboxylic acid groups (broad SMARTS) is 2. The number of carboxylic acids is 2. The number of nitrogens with one attached hydrogen (secondary N) is 2. The highest BCUT2D eigenvalue weighted by molar-refractivity contribution is 5.80. The van der Waals surface area contributed by atoms with E-state index in [1.807, 2.05) is 0 Å². The van der Waals surface area contributed by atoms with Crippen LogP contribution in [0.2, 0.25) is 0 Å². The third-order valence-electron chi connectivity index (χ3n) is 1.89. The Morgan fingerprint density at radius 3 is 2.67 bits per heavy atom. The molecule has 0 aliphatic carbocycles. The average molecular weight is 212 g/mol. The van der Waals surface area contributed by atoms with E-state index < -0.39 is 24.4 Å². The first-order chi connectivity index (χ1) is 7.09. The van der Waals surface area contributed by atoms with Gasteiger partial charge in [0.15, 0.2) is 0 Å². The summed E-state index contributed by atoms with van der Waals surface area (Å²) in [4.78, 5) is 23.8.